The lowest BCUT2D eigenvalue weighted by Crippen LogP contribution is -2.40. The SMILES string of the molecule is CCCc1nc(-c2cnn(Cc3cccc(C#N)c3)c2)nc2c1[N+]1([O-])C=CN=C1N2. The van der Waals surface area contributed by atoms with Crippen molar-refractivity contribution in [3.05, 3.63) is 71.1 Å². The van der Waals surface area contributed by atoms with E-state index < -0.39 is 4.65 Å². The lowest BCUT2D eigenvalue weighted by molar-refractivity contribution is 0.687. The molecule has 0 saturated heterocycles. The molecular weight excluding hydrogens is 380 g/mol. The summed E-state index contributed by atoms with van der Waals surface area (Å²) in [4.78, 5) is 13.4. The Kier molecular flexibility index (Phi) is 4.17. The minimum Gasteiger partial charge on any atom is -0.614 e. The third-order valence-corrected chi connectivity index (χ3v) is 5.09. The van der Waals surface area contributed by atoms with Crippen LogP contribution in [0.1, 0.15) is 30.2 Å². The van der Waals surface area contributed by atoms with Gasteiger partial charge in [0.1, 0.15) is 11.9 Å². The number of anilines is 1. The summed E-state index contributed by atoms with van der Waals surface area (Å²) in [7, 11) is 0. The summed E-state index contributed by atoms with van der Waals surface area (Å²) in [6.07, 6.45) is 8.09. The van der Waals surface area contributed by atoms with Gasteiger partial charge in [-0.15, -0.1) is 0 Å². The summed E-state index contributed by atoms with van der Waals surface area (Å²) < 4.78 is 1.02. The Balaban J connectivity index is 1.49. The van der Waals surface area contributed by atoms with Crippen molar-refractivity contribution in [3.8, 4) is 17.5 Å². The lowest BCUT2D eigenvalue weighted by Gasteiger charge is -2.29. The van der Waals surface area contributed by atoms with E-state index in [1.807, 2.05) is 31.3 Å². The molecule has 0 saturated carbocycles. The van der Waals surface area contributed by atoms with Gasteiger partial charge in [-0.2, -0.15) is 15.4 Å². The van der Waals surface area contributed by atoms with E-state index in [-0.39, 0.29) is 0 Å². The number of aromatic nitrogens is 4. The maximum atomic E-state index is 13.2. The molecule has 3 aromatic rings. The van der Waals surface area contributed by atoms with Crippen molar-refractivity contribution in [1.82, 2.24) is 24.4 Å². The number of nitrogens with zero attached hydrogens (tertiary/aromatic N) is 7. The predicted molar refractivity (Wildman–Crippen MR) is 113 cm³/mol. The molecule has 0 fully saturated rings. The standard InChI is InChI=1S/C21H18N8O/c1-2-4-17-18-20(27-21-23-7-8-29(18,21)30)26-19(25-17)16-11-24-28(13-16)12-15-6-3-5-14(9-15)10-22/h3,5-9,11,13H,2,4,12H2,1H3,(H,23,25,26,27). The predicted octanol–water partition coefficient (Wildman–Crippen LogP) is 3.28. The van der Waals surface area contributed by atoms with E-state index in [1.165, 1.54) is 12.4 Å². The fourth-order valence-corrected chi connectivity index (χ4v) is 3.73. The number of hydrogen-bond acceptors (Lipinski definition) is 7. The number of quaternary nitrogens is 1. The van der Waals surface area contributed by atoms with Crippen LogP contribution in [-0.4, -0.2) is 25.7 Å². The van der Waals surface area contributed by atoms with Crippen LogP contribution in [0.5, 0.6) is 0 Å². The summed E-state index contributed by atoms with van der Waals surface area (Å²) in [5, 5.41) is 29.8. The van der Waals surface area contributed by atoms with Gasteiger partial charge in [0, 0.05) is 6.20 Å². The monoisotopic (exact) mass is 398 g/mol. The highest BCUT2D eigenvalue weighted by Crippen LogP contribution is 2.42. The molecule has 2 aliphatic heterocycles. The van der Waals surface area contributed by atoms with E-state index in [4.69, 9.17) is 10.2 Å². The van der Waals surface area contributed by atoms with Crippen molar-refractivity contribution in [2.45, 2.75) is 26.3 Å². The third kappa shape index (κ3) is 2.86. The first-order valence-corrected chi connectivity index (χ1v) is 9.67. The molecule has 0 aliphatic carbocycles. The number of aliphatic imine (C=N–C) groups is 1. The highest BCUT2D eigenvalue weighted by Gasteiger charge is 2.43. The van der Waals surface area contributed by atoms with Crippen LogP contribution in [-0.2, 0) is 13.0 Å². The van der Waals surface area contributed by atoms with Crippen LogP contribution in [0.2, 0.25) is 0 Å². The minimum atomic E-state index is -0.764. The van der Waals surface area contributed by atoms with Crippen LogP contribution in [0.4, 0.5) is 11.5 Å². The van der Waals surface area contributed by atoms with Gasteiger partial charge in [-0.05, 0) is 24.1 Å². The number of nitriles is 1. The Labute approximate surface area is 172 Å². The molecule has 0 bridgehead atoms. The Bertz CT molecular complexity index is 1250. The molecule has 1 N–H and O–H groups in total. The van der Waals surface area contributed by atoms with Gasteiger partial charge >= 0.3 is 5.96 Å². The van der Waals surface area contributed by atoms with E-state index in [2.05, 4.69) is 26.5 Å². The molecule has 1 atom stereocenters. The molecule has 0 amide bonds. The first kappa shape index (κ1) is 18.2. The molecule has 148 valence electrons. The van der Waals surface area contributed by atoms with E-state index in [0.29, 0.717) is 47.5 Å². The second-order valence-electron chi connectivity index (χ2n) is 7.21. The smallest absolute Gasteiger partial charge is 0.318 e. The molecule has 30 heavy (non-hydrogen) atoms. The Morgan fingerprint density at radius 1 is 1.30 bits per heavy atom. The van der Waals surface area contributed by atoms with Crippen molar-refractivity contribution >= 4 is 17.5 Å². The molecular formula is C21H18N8O. The summed E-state index contributed by atoms with van der Waals surface area (Å²) in [6.45, 7) is 2.58. The summed E-state index contributed by atoms with van der Waals surface area (Å²) >= 11 is 0. The number of hydrogen-bond donors (Lipinski definition) is 1. The largest absolute Gasteiger partial charge is 0.614 e. The van der Waals surface area contributed by atoms with E-state index in [9.17, 15) is 5.21 Å². The van der Waals surface area contributed by atoms with Crippen molar-refractivity contribution < 1.29 is 0 Å². The molecule has 2 aromatic heterocycles. The maximum Gasteiger partial charge on any atom is 0.318 e. The number of fused-ring (bicyclic) bond motifs is 3. The number of hydroxylamine groups is 2. The normalized spacial score (nSPS) is 18.5. The molecule has 4 heterocycles. The van der Waals surface area contributed by atoms with Crippen LogP contribution in [0, 0.1) is 16.5 Å². The average Bonchev–Trinajstić information content (AvgIpc) is 3.41. The average molecular weight is 398 g/mol. The van der Waals surface area contributed by atoms with Crippen LogP contribution >= 0.6 is 0 Å². The zero-order chi connectivity index (χ0) is 20.7. The molecule has 9 heteroatoms. The number of benzene rings is 1. The molecule has 1 unspecified atom stereocenters. The summed E-state index contributed by atoms with van der Waals surface area (Å²) in [5.74, 6) is 1.30. The fraction of sp³-hybridized carbons (Fsp3) is 0.190. The Morgan fingerprint density at radius 2 is 2.20 bits per heavy atom. The van der Waals surface area contributed by atoms with Crippen molar-refractivity contribution in [2.24, 2.45) is 4.99 Å². The quantitative estimate of drug-likeness (QED) is 0.521. The van der Waals surface area contributed by atoms with E-state index in [1.54, 1.807) is 16.9 Å². The fourth-order valence-electron chi connectivity index (χ4n) is 3.73. The van der Waals surface area contributed by atoms with Crippen LogP contribution < -0.4 is 9.96 Å². The van der Waals surface area contributed by atoms with E-state index >= 15 is 0 Å². The van der Waals surface area contributed by atoms with Crippen LogP contribution in [0.3, 0.4) is 0 Å². The molecule has 2 aliphatic rings. The highest BCUT2D eigenvalue weighted by atomic mass is 16.6. The third-order valence-electron chi connectivity index (χ3n) is 5.09. The maximum absolute atomic E-state index is 13.2. The lowest BCUT2D eigenvalue weighted by atomic mass is 10.1. The highest BCUT2D eigenvalue weighted by molar-refractivity contribution is 6.13. The van der Waals surface area contributed by atoms with E-state index in [0.717, 1.165) is 17.5 Å². The van der Waals surface area contributed by atoms with Gasteiger partial charge in [0.15, 0.2) is 5.82 Å². The van der Waals surface area contributed by atoms with Gasteiger partial charge in [0.25, 0.3) is 0 Å². The zero-order valence-electron chi connectivity index (χ0n) is 16.3. The summed E-state index contributed by atoms with van der Waals surface area (Å²) in [5.41, 5.74) is 3.58. The van der Waals surface area contributed by atoms with Crippen LogP contribution in [0.25, 0.3) is 11.4 Å². The van der Waals surface area contributed by atoms with Gasteiger partial charge < -0.3 is 5.21 Å². The van der Waals surface area contributed by atoms with Crippen molar-refractivity contribution in [3.63, 3.8) is 0 Å². The Morgan fingerprint density at radius 3 is 3.03 bits per heavy atom. The first-order valence-electron chi connectivity index (χ1n) is 9.67. The first-order chi connectivity index (χ1) is 14.6. The number of nitrogens with one attached hydrogen (secondary N) is 1. The molecule has 0 spiro atoms. The number of guanidine groups is 1. The van der Waals surface area contributed by atoms with Crippen molar-refractivity contribution in [2.75, 3.05) is 5.32 Å². The Hall–Kier alpha value is -3.87. The second kappa shape index (κ2) is 6.88. The van der Waals surface area contributed by atoms with Gasteiger partial charge in [-0.3, -0.25) is 10.00 Å². The molecule has 5 rings (SSSR count). The molecule has 1 aromatic carbocycles. The van der Waals surface area contributed by atoms with Gasteiger partial charge in [-0.25, -0.2) is 14.6 Å². The zero-order valence-corrected chi connectivity index (χ0v) is 16.3. The topological polar surface area (TPSA) is 115 Å². The van der Waals surface area contributed by atoms with Crippen LogP contribution in [0.15, 0.2) is 54.1 Å². The number of aryl methyl sites for hydroxylation is 1. The molecule has 0 radical (unpaired) electrons. The van der Waals surface area contributed by atoms with Crippen molar-refractivity contribution in [1.29, 1.82) is 5.26 Å². The number of rotatable bonds is 5. The van der Waals surface area contributed by atoms with Gasteiger partial charge in [-0.1, -0.05) is 25.5 Å². The summed E-state index contributed by atoms with van der Waals surface area (Å²) in [6, 6.07) is 9.57. The molecule has 9 nitrogen and oxygen atoms in total. The van der Waals surface area contributed by atoms with Gasteiger partial charge in [0.2, 0.25) is 11.5 Å². The second-order valence-corrected chi connectivity index (χ2v) is 7.21. The minimum absolute atomic E-state index is 0.293. The van der Waals surface area contributed by atoms with Gasteiger partial charge in [0.05, 0.1) is 36.1 Å².